The van der Waals surface area contributed by atoms with Crippen molar-refractivity contribution in [1.29, 1.82) is 0 Å². The zero-order valence-electron chi connectivity index (χ0n) is 14.6. The second kappa shape index (κ2) is 10.1. The van der Waals surface area contributed by atoms with Gasteiger partial charge in [-0.15, -0.1) is 24.0 Å². The summed E-state index contributed by atoms with van der Waals surface area (Å²) in [5.41, 5.74) is 7.50. The molecule has 0 bridgehead atoms. The number of benzene rings is 1. The number of hydrogen-bond donors (Lipinski definition) is 1. The highest BCUT2D eigenvalue weighted by atomic mass is 127. The van der Waals surface area contributed by atoms with Crippen molar-refractivity contribution in [2.24, 2.45) is 10.7 Å². The van der Waals surface area contributed by atoms with Gasteiger partial charge >= 0.3 is 0 Å². The molecular weight excluding hydrogens is 399 g/mol. The summed E-state index contributed by atoms with van der Waals surface area (Å²) in [7, 11) is 2.06. The molecule has 1 aromatic rings. The van der Waals surface area contributed by atoms with Crippen LogP contribution >= 0.6 is 24.0 Å². The van der Waals surface area contributed by atoms with Crippen LogP contribution in [0.2, 0.25) is 0 Å². The van der Waals surface area contributed by atoms with Gasteiger partial charge in [-0.05, 0) is 37.9 Å². The third-order valence-electron chi connectivity index (χ3n) is 4.56. The minimum absolute atomic E-state index is 0. The van der Waals surface area contributed by atoms with E-state index in [2.05, 4.69) is 66.0 Å². The highest BCUT2D eigenvalue weighted by Crippen LogP contribution is 2.24. The second-order valence-corrected chi connectivity index (χ2v) is 6.11. The van der Waals surface area contributed by atoms with E-state index in [0.717, 1.165) is 26.1 Å². The minimum atomic E-state index is 0. The van der Waals surface area contributed by atoms with Crippen LogP contribution in [0.25, 0.3) is 0 Å². The van der Waals surface area contributed by atoms with Crippen molar-refractivity contribution in [1.82, 2.24) is 9.80 Å². The van der Waals surface area contributed by atoms with Gasteiger partial charge in [0.15, 0.2) is 5.96 Å². The summed E-state index contributed by atoms with van der Waals surface area (Å²) >= 11 is 0. The quantitative estimate of drug-likeness (QED) is 0.392. The van der Waals surface area contributed by atoms with Gasteiger partial charge in [-0.1, -0.05) is 44.2 Å². The Kier molecular flexibility index (Phi) is 8.91. The Balaban J connectivity index is 0.00000264. The molecule has 0 amide bonds. The largest absolute Gasteiger partial charge is 0.370 e. The van der Waals surface area contributed by atoms with Crippen LogP contribution in [0.3, 0.4) is 0 Å². The number of hydrogen-bond acceptors (Lipinski definition) is 2. The molecule has 0 saturated heterocycles. The van der Waals surface area contributed by atoms with Gasteiger partial charge in [0, 0.05) is 19.1 Å². The molecule has 0 aromatic heterocycles. The predicted molar refractivity (Wildman–Crippen MR) is 110 cm³/mol. The van der Waals surface area contributed by atoms with E-state index in [1.54, 1.807) is 0 Å². The number of likely N-dealkylation sites (N-methyl/N-ethyl adjacent to an activating group) is 1. The molecule has 5 heteroatoms. The summed E-state index contributed by atoms with van der Waals surface area (Å²) in [5.74, 6) is 0.688. The van der Waals surface area contributed by atoms with Crippen LogP contribution in [-0.2, 0) is 6.42 Å². The predicted octanol–water partition coefficient (Wildman–Crippen LogP) is 2.97. The molecule has 1 atom stereocenters. The number of aliphatic imine (C=N–C) groups is 1. The van der Waals surface area contributed by atoms with Gasteiger partial charge in [0.1, 0.15) is 0 Å². The molecule has 2 rings (SSSR count). The molecule has 130 valence electrons. The van der Waals surface area contributed by atoms with E-state index in [1.165, 1.54) is 18.4 Å². The van der Waals surface area contributed by atoms with Crippen molar-refractivity contribution < 1.29 is 0 Å². The summed E-state index contributed by atoms with van der Waals surface area (Å²) in [5, 5.41) is 0. The fourth-order valence-corrected chi connectivity index (χ4v) is 2.89. The zero-order valence-corrected chi connectivity index (χ0v) is 16.9. The Bertz CT molecular complexity index is 469. The summed E-state index contributed by atoms with van der Waals surface area (Å²) in [6.07, 6.45) is 3.51. The molecule has 1 fully saturated rings. The number of nitrogens with two attached hydrogens (primary N) is 1. The lowest BCUT2D eigenvalue weighted by Crippen LogP contribution is -2.41. The highest BCUT2D eigenvalue weighted by molar-refractivity contribution is 14.0. The highest BCUT2D eigenvalue weighted by Gasteiger charge is 2.27. The van der Waals surface area contributed by atoms with Crippen molar-refractivity contribution in [2.75, 3.05) is 26.7 Å². The Hall–Kier alpha value is -0.820. The Morgan fingerprint density at radius 3 is 2.35 bits per heavy atom. The molecule has 0 heterocycles. The topological polar surface area (TPSA) is 44.9 Å². The van der Waals surface area contributed by atoms with Gasteiger partial charge in [-0.2, -0.15) is 0 Å². The van der Waals surface area contributed by atoms with Gasteiger partial charge in [0.2, 0.25) is 0 Å². The van der Waals surface area contributed by atoms with Crippen molar-refractivity contribution >= 4 is 29.9 Å². The van der Waals surface area contributed by atoms with Crippen LogP contribution in [-0.4, -0.2) is 54.5 Å². The smallest absolute Gasteiger partial charge is 0.191 e. The first-order valence-electron chi connectivity index (χ1n) is 8.46. The maximum absolute atomic E-state index is 6.14. The van der Waals surface area contributed by atoms with Gasteiger partial charge in [0.05, 0.1) is 6.54 Å². The van der Waals surface area contributed by atoms with Crippen molar-refractivity contribution in [3.63, 3.8) is 0 Å². The van der Waals surface area contributed by atoms with Crippen LogP contribution in [0.1, 0.15) is 32.3 Å². The molecule has 2 N–H and O–H groups in total. The molecule has 1 saturated carbocycles. The molecule has 1 aliphatic carbocycles. The monoisotopic (exact) mass is 430 g/mol. The van der Waals surface area contributed by atoms with Crippen LogP contribution in [0.5, 0.6) is 0 Å². The lowest BCUT2D eigenvalue weighted by molar-refractivity contribution is 0.220. The first-order valence-corrected chi connectivity index (χ1v) is 8.46. The van der Waals surface area contributed by atoms with Gasteiger partial charge < -0.3 is 10.6 Å². The molecule has 23 heavy (non-hydrogen) atoms. The number of rotatable bonds is 8. The third kappa shape index (κ3) is 6.30. The lowest BCUT2D eigenvalue weighted by Gasteiger charge is -2.29. The van der Waals surface area contributed by atoms with Crippen molar-refractivity contribution in [3.8, 4) is 0 Å². The van der Waals surface area contributed by atoms with Gasteiger partial charge in [0.25, 0.3) is 0 Å². The summed E-state index contributed by atoms with van der Waals surface area (Å²) in [4.78, 5) is 9.28. The SMILES string of the molecule is CCN(CC)C(CN=C(N)N(C)C1CC1)Cc1ccccc1.I. The lowest BCUT2D eigenvalue weighted by atomic mass is 10.0. The van der Waals surface area contributed by atoms with E-state index in [-0.39, 0.29) is 24.0 Å². The summed E-state index contributed by atoms with van der Waals surface area (Å²) in [6.45, 7) is 7.28. The first kappa shape index (κ1) is 20.2. The number of nitrogens with zero attached hydrogens (tertiary/aromatic N) is 3. The van der Waals surface area contributed by atoms with Crippen LogP contribution in [0, 0.1) is 0 Å². The summed E-state index contributed by atoms with van der Waals surface area (Å²) in [6, 6.07) is 11.7. The third-order valence-corrected chi connectivity index (χ3v) is 4.56. The van der Waals surface area contributed by atoms with E-state index in [1.807, 2.05) is 0 Å². The maximum Gasteiger partial charge on any atom is 0.191 e. The fourth-order valence-electron chi connectivity index (χ4n) is 2.89. The summed E-state index contributed by atoms with van der Waals surface area (Å²) < 4.78 is 0. The number of halogens is 1. The average Bonchev–Trinajstić information content (AvgIpc) is 3.38. The molecule has 1 unspecified atom stereocenters. The normalized spacial score (nSPS) is 16.1. The van der Waals surface area contributed by atoms with Gasteiger partial charge in [-0.3, -0.25) is 9.89 Å². The maximum atomic E-state index is 6.14. The van der Waals surface area contributed by atoms with E-state index in [9.17, 15) is 0 Å². The molecule has 0 spiro atoms. The molecule has 0 radical (unpaired) electrons. The van der Waals surface area contributed by atoms with Crippen LogP contribution < -0.4 is 5.73 Å². The average molecular weight is 430 g/mol. The van der Waals surface area contributed by atoms with Crippen LogP contribution in [0.4, 0.5) is 0 Å². The van der Waals surface area contributed by atoms with Crippen molar-refractivity contribution in [2.45, 2.75) is 45.2 Å². The fraction of sp³-hybridized carbons (Fsp3) is 0.611. The van der Waals surface area contributed by atoms with Gasteiger partial charge in [-0.25, -0.2) is 0 Å². The zero-order chi connectivity index (χ0) is 15.9. The standard InChI is InChI=1S/C18H30N4.HI/c1-4-22(5-2)17(13-15-9-7-6-8-10-15)14-20-18(19)21(3)16-11-12-16;/h6-10,16-17H,4-5,11-14H2,1-3H3,(H2,19,20);1H. The molecular formula is C18H31IN4. The second-order valence-electron chi connectivity index (χ2n) is 6.11. The Morgan fingerprint density at radius 2 is 1.83 bits per heavy atom. The Labute approximate surface area is 158 Å². The van der Waals surface area contributed by atoms with E-state index in [0.29, 0.717) is 18.0 Å². The molecule has 0 aliphatic heterocycles. The van der Waals surface area contributed by atoms with E-state index < -0.39 is 0 Å². The van der Waals surface area contributed by atoms with E-state index in [4.69, 9.17) is 5.73 Å². The number of guanidine groups is 1. The Morgan fingerprint density at radius 1 is 1.22 bits per heavy atom. The minimum Gasteiger partial charge on any atom is -0.370 e. The molecule has 1 aromatic carbocycles. The van der Waals surface area contributed by atoms with Crippen molar-refractivity contribution in [3.05, 3.63) is 35.9 Å². The molecule has 1 aliphatic rings. The van der Waals surface area contributed by atoms with E-state index >= 15 is 0 Å². The first-order chi connectivity index (χ1) is 10.7. The molecule has 4 nitrogen and oxygen atoms in total. The van der Waals surface area contributed by atoms with Crippen LogP contribution in [0.15, 0.2) is 35.3 Å².